The van der Waals surface area contributed by atoms with Crippen LogP contribution in [0, 0.1) is 0 Å². The van der Waals surface area contributed by atoms with Crippen LogP contribution in [0.15, 0.2) is 53.4 Å². The lowest BCUT2D eigenvalue weighted by Gasteiger charge is -2.30. The Morgan fingerprint density at radius 2 is 1.79 bits per heavy atom. The van der Waals surface area contributed by atoms with Crippen LogP contribution in [0.3, 0.4) is 0 Å². The monoisotopic (exact) mass is 484 g/mol. The summed E-state index contributed by atoms with van der Waals surface area (Å²) < 4.78 is 28.3. The van der Waals surface area contributed by atoms with Crippen LogP contribution in [0.25, 0.3) is 10.2 Å². The highest BCUT2D eigenvalue weighted by molar-refractivity contribution is 7.89. The maximum atomic E-state index is 12.8. The number of aromatic nitrogens is 1. The number of thiazole rings is 1. The molecule has 0 spiro atoms. The van der Waals surface area contributed by atoms with Crippen LogP contribution in [0.2, 0.25) is 0 Å². The van der Waals surface area contributed by atoms with E-state index < -0.39 is 10.0 Å². The van der Waals surface area contributed by atoms with Crippen molar-refractivity contribution in [1.82, 2.24) is 14.2 Å². The Morgan fingerprint density at radius 3 is 2.55 bits per heavy atom. The van der Waals surface area contributed by atoms with Crippen molar-refractivity contribution in [3.8, 4) is 0 Å². The Labute approximate surface area is 198 Å². The summed E-state index contributed by atoms with van der Waals surface area (Å²) >= 11 is 1.77. The summed E-state index contributed by atoms with van der Waals surface area (Å²) in [6.45, 7) is 3.11. The minimum absolute atomic E-state index is 0.121. The number of anilines is 1. The second-order valence-electron chi connectivity index (χ2n) is 8.76. The standard InChI is InChI=1S/C24H28N4O3S2/c29-23(25-19-6-5-7-20(16-19)33(30,31)28-12-3-4-13-28)17-27-14-10-18(11-15-27)24-26-21-8-1-2-9-22(21)32-24/h1-2,5-9,16,18H,3-4,10-15,17H2,(H,25,29). The highest BCUT2D eigenvalue weighted by atomic mass is 32.2. The molecular weight excluding hydrogens is 456 g/mol. The Hall–Kier alpha value is -2.33. The third-order valence-corrected chi connectivity index (χ3v) is 9.53. The molecule has 9 heteroatoms. The zero-order valence-electron chi connectivity index (χ0n) is 18.4. The number of sulfonamides is 1. The van der Waals surface area contributed by atoms with Gasteiger partial charge in [-0.3, -0.25) is 9.69 Å². The van der Waals surface area contributed by atoms with Crippen LogP contribution in [0.1, 0.15) is 36.6 Å². The molecule has 174 valence electrons. The van der Waals surface area contributed by atoms with Gasteiger partial charge in [0.25, 0.3) is 0 Å². The van der Waals surface area contributed by atoms with Gasteiger partial charge in [-0.15, -0.1) is 11.3 Å². The normalized spacial score (nSPS) is 18.7. The van der Waals surface area contributed by atoms with Gasteiger partial charge in [0.1, 0.15) is 0 Å². The molecule has 7 nitrogen and oxygen atoms in total. The molecule has 2 aromatic carbocycles. The van der Waals surface area contributed by atoms with Crippen LogP contribution in [0.5, 0.6) is 0 Å². The molecular formula is C24H28N4O3S2. The van der Waals surface area contributed by atoms with Crippen molar-refractivity contribution >= 4 is 43.2 Å². The molecule has 2 saturated heterocycles. The maximum absolute atomic E-state index is 12.8. The number of carbonyl (C=O) groups excluding carboxylic acids is 1. The molecule has 0 bridgehead atoms. The van der Waals surface area contributed by atoms with Crippen molar-refractivity contribution in [2.24, 2.45) is 0 Å². The van der Waals surface area contributed by atoms with Crippen LogP contribution >= 0.6 is 11.3 Å². The minimum Gasteiger partial charge on any atom is -0.325 e. The molecule has 1 N–H and O–H groups in total. The average molecular weight is 485 g/mol. The van der Waals surface area contributed by atoms with Gasteiger partial charge in [-0.25, -0.2) is 13.4 Å². The van der Waals surface area contributed by atoms with Crippen LogP contribution in [-0.4, -0.2) is 61.2 Å². The van der Waals surface area contributed by atoms with Crippen LogP contribution in [0.4, 0.5) is 5.69 Å². The van der Waals surface area contributed by atoms with Crippen molar-refractivity contribution in [3.05, 3.63) is 53.5 Å². The van der Waals surface area contributed by atoms with E-state index >= 15 is 0 Å². The molecule has 1 amide bonds. The molecule has 2 aliphatic rings. The zero-order valence-corrected chi connectivity index (χ0v) is 20.1. The number of fused-ring (bicyclic) bond motifs is 1. The van der Waals surface area contributed by atoms with E-state index in [9.17, 15) is 13.2 Å². The van der Waals surface area contributed by atoms with E-state index in [1.807, 2.05) is 12.1 Å². The van der Waals surface area contributed by atoms with Gasteiger partial charge in [-0.2, -0.15) is 4.31 Å². The molecule has 2 aliphatic heterocycles. The number of nitrogens with one attached hydrogen (secondary N) is 1. The van der Waals surface area contributed by atoms with Gasteiger partial charge in [0.2, 0.25) is 15.9 Å². The van der Waals surface area contributed by atoms with E-state index in [0.717, 1.165) is 44.3 Å². The van der Waals surface area contributed by atoms with E-state index in [-0.39, 0.29) is 10.8 Å². The summed E-state index contributed by atoms with van der Waals surface area (Å²) in [5.41, 5.74) is 1.58. The lowest BCUT2D eigenvalue weighted by molar-refractivity contribution is -0.117. The fourth-order valence-electron chi connectivity index (χ4n) is 4.62. The third kappa shape index (κ3) is 4.96. The van der Waals surface area contributed by atoms with Crippen molar-refractivity contribution < 1.29 is 13.2 Å². The first-order valence-electron chi connectivity index (χ1n) is 11.5. The van der Waals surface area contributed by atoms with Crippen molar-refractivity contribution in [1.29, 1.82) is 0 Å². The lowest BCUT2D eigenvalue weighted by atomic mass is 9.97. The molecule has 0 aliphatic carbocycles. The predicted octanol–water partition coefficient (Wildman–Crippen LogP) is 3.90. The maximum Gasteiger partial charge on any atom is 0.243 e. The van der Waals surface area contributed by atoms with Gasteiger partial charge >= 0.3 is 0 Å². The topological polar surface area (TPSA) is 82.6 Å². The van der Waals surface area contributed by atoms with E-state index in [0.29, 0.717) is 31.2 Å². The van der Waals surface area contributed by atoms with Crippen molar-refractivity contribution in [2.45, 2.75) is 36.5 Å². The molecule has 0 saturated carbocycles. The first-order chi connectivity index (χ1) is 16.0. The number of rotatable bonds is 6. The second kappa shape index (κ2) is 9.50. The summed E-state index contributed by atoms with van der Waals surface area (Å²) in [4.78, 5) is 19.8. The SMILES string of the molecule is O=C(CN1CCC(c2nc3ccccc3s2)CC1)Nc1cccc(S(=O)(=O)N2CCCC2)c1. The lowest BCUT2D eigenvalue weighted by Crippen LogP contribution is -2.38. The predicted molar refractivity (Wildman–Crippen MR) is 131 cm³/mol. The number of hydrogen-bond donors (Lipinski definition) is 1. The quantitative estimate of drug-likeness (QED) is 0.574. The molecule has 5 rings (SSSR count). The highest BCUT2D eigenvalue weighted by Crippen LogP contribution is 2.33. The van der Waals surface area contributed by atoms with Gasteiger partial charge < -0.3 is 5.32 Å². The smallest absolute Gasteiger partial charge is 0.243 e. The first kappa shape index (κ1) is 22.5. The third-order valence-electron chi connectivity index (χ3n) is 6.44. The van der Waals surface area contributed by atoms with Crippen LogP contribution in [-0.2, 0) is 14.8 Å². The summed E-state index contributed by atoms with van der Waals surface area (Å²) in [7, 11) is -3.50. The number of para-hydroxylation sites is 1. The number of hydrogen-bond acceptors (Lipinski definition) is 6. The minimum atomic E-state index is -3.50. The van der Waals surface area contributed by atoms with E-state index in [1.54, 1.807) is 35.6 Å². The molecule has 0 radical (unpaired) electrons. The molecule has 0 atom stereocenters. The Kier molecular flexibility index (Phi) is 6.47. The molecule has 3 aromatic rings. The largest absolute Gasteiger partial charge is 0.325 e. The molecule has 0 unspecified atom stereocenters. The van der Waals surface area contributed by atoms with E-state index in [4.69, 9.17) is 4.98 Å². The Bertz CT molecular complexity index is 1210. The van der Waals surface area contributed by atoms with Gasteiger partial charge in [-0.1, -0.05) is 18.2 Å². The summed E-state index contributed by atoms with van der Waals surface area (Å²) in [5, 5.41) is 4.07. The fraction of sp³-hybridized carbons (Fsp3) is 0.417. The number of benzene rings is 2. The van der Waals surface area contributed by atoms with Gasteiger partial charge in [0, 0.05) is 24.7 Å². The molecule has 33 heavy (non-hydrogen) atoms. The Morgan fingerprint density at radius 1 is 1.03 bits per heavy atom. The van der Waals surface area contributed by atoms with Crippen LogP contribution < -0.4 is 5.32 Å². The number of likely N-dealkylation sites (tertiary alicyclic amines) is 1. The van der Waals surface area contributed by atoms with Gasteiger partial charge in [-0.05, 0) is 69.1 Å². The summed E-state index contributed by atoms with van der Waals surface area (Å²) in [6.07, 6.45) is 3.75. The number of carbonyl (C=O) groups is 1. The molecule has 2 fully saturated rings. The summed E-state index contributed by atoms with van der Waals surface area (Å²) in [6, 6.07) is 14.8. The number of amides is 1. The number of piperidine rings is 1. The average Bonchev–Trinajstić information content (AvgIpc) is 3.50. The fourth-order valence-corrected chi connectivity index (χ4v) is 7.32. The van der Waals surface area contributed by atoms with E-state index in [1.165, 1.54) is 14.0 Å². The van der Waals surface area contributed by atoms with Gasteiger partial charge in [0.15, 0.2) is 0 Å². The van der Waals surface area contributed by atoms with Crippen molar-refractivity contribution in [2.75, 3.05) is 38.0 Å². The highest BCUT2D eigenvalue weighted by Gasteiger charge is 2.28. The Balaban J connectivity index is 1.16. The van der Waals surface area contributed by atoms with E-state index in [2.05, 4.69) is 22.3 Å². The molecule has 3 heterocycles. The van der Waals surface area contributed by atoms with Gasteiger partial charge in [0.05, 0.1) is 26.7 Å². The first-order valence-corrected chi connectivity index (χ1v) is 13.7. The number of nitrogens with zero attached hydrogens (tertiary/aromatic N) is 3. The second-order valence-corrected chi connectivity index (χ2v) is 11.8. The summed E-state index contributed by atoms with van der Waals surface area (Å²) in [5.74, 6) is 0.318. The zero-order chi connectivity index (χ0) is 22.8. The van der Waals surface area contributed by atoms with Crippen molar-refractivity contribution in [3.63, 3.8) is 0 Å². The molecule has 1 aromatic heterocycles.